The Balaban J connectivity index is 1.38. The highest BCUT2D eigenvalue weighted by Crippen LogP contribution is 2.38. The van der Waals surface area contributed by atoms with Crippen LogP contribution >= 0.6 is 0 Å². The number of benzene rings is 1. The molecule has 0 bridgehead atoms. The minimum Gasteiger partial charge on any atom is -0.493 e. The molecule has 0 spiro atoms. The summed E-state index contributed by atoms with van der Waals surface area (Å²) in [6.07, 6.45) is 6.59. The topological polar surface area (TPSA) is 99.8 Å². The lowest BCUT2D eigenvalue weighted by Crippen LogP contribution is -2.47. The fraction of sp³-hybridized carbons (Fsp3) is 0.273. The molecule has 1 saturated heterocycles. The molecule has 4 rings (SSSR count). The van der Waals surface area contributed by atoms with Crippen LogP contribution in [0.3, 0.4) is 0 Å². The first-order valence-corrected chi connectivity index (χ1v) is 9.64. The molecular formula is C22H22N4O5. The zero-order valence-corrected chi connectivity index (χ0v) is 17.4. The van der Waals surface area contributed by atoms with Crippen LogP contribution in [-0.4, -0.2) is 60.4 Å². The van der Waals surface area contributed by atoms with E-state index in [1.165, 1.54) is 6.08 Å². The normalized spacial score (nSPS) is 13.8. The van der Waals surface area contributed by atoms with Gasteiger partial charge in [-0.15, -0.1) is 0 Å². The van der Waals surface area contributed by atoms with Crippen molar-refractivity contribution in [1.29, 1.82) is 0 Å². The van der Waals surface area contributed by atoms with Crippen LogP contribution in [0.1, 0.15) is 17.4 Å². The molecule has 0 radical (unpaired) electrons. The van der Waals surface area contributed by atoms with Crippen molar-refractivity contribution in [2.45, 2.75) is 5.92 Å². The van der Waals surface area contributed by atoms with Crippen molar-refractivity contribution in [3.05, 3.63) is 54.2 Å². The second-order valence-electron chi connectivity index (χ2n) is 6.92. The van der Waals surface area contributed by atoms with Crippen LogP contribution in [0.4, 0.5) is 0 Å². The summed E-state index contributed by atoms with van der Waals surface area (Å²) in [6, 6.07) is 7.20. The summed E-state index contributed by atoms with van der Waals surface area (Å²) < 4.78 is 21.4. The number of pyridine rings is 1. The number of hydrogen-bond acceptors (Lipinski definition) is 8. The monoisotopic (exact) mass is 422 g/mol. The maximum Gasteiger partial charge on any atom is 0.246 e. The second-order valence-corrected chi connectivity index (χ2v) is 6.92. The fourth-order valence-electron chi connectivity index (χ4n) is 3.30. The van der Waals surface area contributed by atoms with Gasteiger partial charge in [0.1, 0.15) is 0 Å². The van der Waals surface area contributed by atoms with Crippen molar-refractivity contribution in [2.24, 2.45) is 0 Å². The number of hydrogen-bond donors (Lipinski definition) is 0. The van der Waals surface area contributed by atoms with Gasteiger partial charge in [0, 0.05) is 37.1 Å². The molecule has 1 aliphatic rings. The number of carbonyl (C=O) groups is 1. The highest BCUT2D eigenvalue weighted by atomic mass is 16.5. The molecule has 31 heavy (non-hydrogen) atoms. The average Bonchev–Trinajstić information content (AvgIpc) is 3.26. The van der Waals surface area contributed by atoms with E-state index in [1.54, 1.807) is 56.8 Å². The third-order valence-corrected chi connectivity index (χ3v) is 5.03. The standard InChI is InChI=1S/C22H22N4O5/c1-28-17-10-14(11-18(29-2)20(17)30-3)4-5-19(27)26-12-16(13-26)22-24-21(25-31-22)15-6-8-23-9-7-15/h4-11,16H,12-13H2,1-3H3/b5-4+. The van der Waals surface area contributed by atoms with Gasteiger partial charge >= 0.3 is 0 Å². The molecule has 1 aromatic carbocycles. The molecule has 0 unspecified atom stereocenters. The van der Waals surface area contributed by atoms with E-state index in [9.17, 15) is 4.79 Å². The summed E-state index contributed by atoms with van der Waals surface area (Å²) >= 11 is 0. The molecule has 9 nitrogen and oxygen atoms in total. The van der Waals surface area contributed by atoms with E-state index in [4.69, 9.17) is 18.7 Å². The third-order valence-electron chi connectivity index (χ3n) is 5.03. The van der Waals surface area contributed by atoms with E-state index in [0.717, 1.165) is 11.1 Å². The molecule has 2 aromatic heterocycles. The van der Waals surface area contributed by atoms with Gasteiger partial charge < -0.3 is 23.6 Å². The predicted octanol–water partition coefficient (Wildman–Crippen LogP) is 2.80. The molecular weight excluding hydrogens is 400 g/mol. The lowest BCUT2D eigenvalue weighted by atomic mass is 10.00. The van der Waals surface area contributed by atoms with Crippen molar-refractivity contribution >= 4 is 12.0 Å². The third kappa shape index (κ3) is 4.20. The van der Waals surface area contributed by atoms with E-state index in [1.807, 2.05) is 12.1 Å². The number of ether oxygens (including phenoxy) is 3. The molecule has 0 N–H and O–H groups in total. The maximum absolute atomic E-state index is 12.5. The SMILES string of the molecule is COc1cc(/C=C/C(=O)N2CC(c3nc(-c4ccncc4)no3)C2)cc(OC)c1OC. The predicted molar refractivity (Wildman–Crippen MR) is 112 cm³/mol. The molecule has 9 heteroatoms. The lowest BCUT2D eigenvalue weighted by molar-refractivity contribution is -0.130. The van der Waals surface area contributed by atoms with E-state index in [-0.39, 0.29) is 11.8 Å². The van der Waals surface area contributed by atoms with Crippen molar-refractivity contribution < 1.29 is 23.5 Å². The number of amides is 1. The van der Waals surface area contributed by atoms with Crippen molar-refractivity contribution in [1.82, 2.24) is 20.0 Å². The Morgan fingerprint density at radius 2 is 1.77 bits per heavy atom. The van der Waals surface area contributed by atoms with Gasteiger partial charge in [-0.3, -0.25) is 9.78 Å². The number of carbonyl (C=O) groups excluding carboxylic acids is 1. The maximum atomic E-state index is 12.5. The zero-order valence-electron chi connectivity index (χ0n) is 17.4. The Labute approximate surface area is 179 Å². The first-order chi connectivity index (χ1) is 15.1. The summed E-state index contributed by atoms with van der Waals surface area (Å²) in [5.74, 6) is 2.54. The summed E-state index contributed by atoms with van der Waals surface area (Å²) in [5.41, 5.74) is 1.60. The van der Waals surface area contributed by atoms with Gasteiger partial charge in [-0.1, -0.05) is 5.16 Å². The molecule has 0 saturated carbocycles. The molecule has 0 aliphatic carbocycles. The van der Waals surface area contributed by atoms with E-state index in [0.29, 0.717) is 42.1 Å². The second kappa shape index (κ2) is 8.86. The van der Waals surface area contributed by atoms with Crippen LogP contribution in [0, 0.1) is 0 Å². The zero-order chi connectivity index (χ0) is 21.8. The van der Waals surface area contributed by atoms with Crippen LogP contribution in [0.5, 0.6) is 17.2 Å². The van der Waals surface area contributed by atoms with Gasteiger partial charge in [-0.05, 0) is 35.9 Å². The number of aromatic nitrogens is 3. The minimum atomic E-state index is -0.0983. The Bertz CT molecular complexity index is 1070. The first kappa shape index (κ1) is 20.4. The Morgan fingerprint density at radius 1 is 1.10 bits per heavy atom. The molecule has 160 valence electrons. The Morgan fingerprint density at radius 3 is 2.39 bits per heavy atom. The summed E-state index contributed by atoms with van der Waals surface area (Å²) in [6.45, 7) is 1.05. The van der Waals surface area contributed by atoms with E-state index in [2.05, 4.69) is 15.1 Å². The summed E-state index contributed by atoms with van der Waals surface area (Å²) in [4.78, 5) is 22.7. The van der Waals surface area contributed by atoms with E-state index >= 15 is 0 Å². The van der Waals surface area contributed by atoms with Crippen LogP contribution in [-0.2, 0) is 4.79 Å². The smallest absolute Gasteiger partial charge is 0.246 e. The van der Waals surface area contributed by atoms with Gasteiger partial charge in [-0.2, -0.15) is 4.98 Å². The Kier molecular flexibility index (Phi) is 5.83. The number of likely N-dealkylation sites (tertiary alicyclic amines) is 1. The molecule has 1 fully saturated rings. The average molecular weight is 422 g/mol. The molecule has 3 aromatic rings. The van der Waals surface area contributed by atoms with Gasteiger partial charge in [0.2, 0.25) is 23.4 Å². The minimum absolute atomic E-state index is 0.0293. The van der Waals surface area contributed by atoms with Crippen LogP contribution in [0.2, 0.25) is 0 Å². The van der Waals surface area contributed by atoms with Gasteiger partial charge in [0.05, 0.1) is 27.2 Å². The molecule has 0 atom stereocenters. The number of rotatable bonds is 7. The quantitative estimate of drug-likeness (QED) is 0.536. The van der Waals surface area contributed by atoms with Crippen LogP contribution in [0.25, 0.3) is 17.5 Å². The lowest BCUT2D eigenvalue weighted by Gasteiger charge is -2.36. The molecule has 3 heterocycles. The molecule has 1 amide bonds. The van der Waals surface area contributed by atoms with Crippen molar-refractivity contribution in [2.75, 3.05) is 34.4 Å². The van der Waals surface area contributed by atoms with Crippen molar-refractivity contribution in [3.63, 3.8) is 0 Å². The van der Waals surface area contributed by atoms with Gasteiger partial charge in [0.25, 0.3) is 0 Å². The molecule has 1 aliphatic heterocycles. The van der Waals surface area contributed by atoms with Gasteiger partial charge in [0.15, 0.2) is 11.5 Å². The van der Waals surface area contributed by atoms with Gasteiger partial charge in [-0.25, -0.2) is 0 Å². The largest absolute Gasteiger partial charge is 0.493 e. The van der Waals surface area contributed by atoms with E-state index < -0.39 is 0 Å². The first-order valence-electron chi connectivity index (χ1n) is 9.64. The number of nitrogens with zero attached hydrogens (tertiary/aromatic N) is 4. The highest BCUT2D eigenvalue weighted by molar-refractivity contribution is 5.92. The fourth-order valence-corrected chi connectivity index (χ4v) is 3.30. The van der Waals surface area contributed by atoms with Crippen LogP contribution < -0.4 is 14.2 Å². The highest BCUT2D eigenvalue weighted by Gasteiger charge is 2.34. The number of methoxy groups -OCH3 is 3. The Hall–Kier alpha value is -3.88. The van der Waals surface area contributed by atoms with Crippen molar-refractivity contribution in [3.8, 4) is 28.6 Å². The summed E-state index contributed by atoms with van der Waals surface area (Å²) in [5, 5.41) is 4.02. The summed E-state index contributed by atoms with van der Waals surface area (Å²) in [7, 11) is 4.64. The van der Waals surface area contributed by atoms with Crippen LogP contribution in [0.15, 0.2) is 47.3 Å².